The summed E-state index contributed by atoms with van der Waals surface area (Å²) in [5.41, 5.74) is 3.29. The molecule has 3 N–H and O–H groups in total. The second-order valence-corrected chi connectivity index (χ2v) is 6.24. The molecule has 2 aromatic rings. The van der Waals surface area contributed by atoms with Crippen LogP contribution in [0.5, 0.6) is 0 Å². The summed E-state index contributed by atoms with van der Waals surface area (Å²) in [7, 11) is 0. The first-order valence-electron chi connectivity index (χ1n) is 9.03. The number of carbonyl (C=O) groups excluding carboxylic acids is 2. The van der Waals surface area contributed by atoms with E-state index >= 15 is 0 Å². The fraction of sp³-hybridized carbons (Fsp3) is 0.333. The minimum absolute atomic E-state index is 0.147. The van der Waals surface area contributed by atoms with Crippen molar-refractivity contribution in [2.24, 2.45) is 0 Å². The lowest BCUT2D eigenvalue weighted by Crippen LogP contribution is -2.32. The van der Waals surface area contributed by atoms with Gasteiger partial charge in [0.1, 0.15) is 0 Å². The minimum atomic E-state index is -0.268. The van der Waals surface area contributed by atoms with Gasteiger partial charge in [-0.1, -0.05) is 43.3 Å². The largest absolute Gasteiger partial charge is 0.352 e. The maximum atomic E-state index is 12.3. The molecule has 1 unspecified atom stereocenters. The molecule has 0 spiro atoms. The van der Waals surface area contributed by atoms with Gasteiger partial charge in [-0.25, -0.2) is 4.79 Å². The third kappa shape index (κ3) is 5.34. The third-order valence-electron chi connectivity index (χ3n) is 4.36. The standard InChI is InChI=1S/C21H27N3O2/c1-4-16(17-9-7-6-8-10-17)14-23-21(26)24-19-13-18(12-11-15(19)3)20(25)22-5-2/h6-13,16H,4-5,14H2,1-3H3,(H,22,25)(H2,23,24,26). The first kappa shape index (κ1) is 19.5. The van der Waals surface area contributed by atoms with Crippen LogP contribution in [0.1, 0.15) is 47.7 Å². The van der Waals surface area contributed by atoms with Crippen LogP contribution in [0.4, 0.5) is 10.5 Å². The normalized spacial score (nSPS) is 11.5. The Morgan fingerprint density at radius 3 is 2.38 bits per heavy atom. The summed E-state index contributed by atoms with van der Waals surface area (Å²) in [5, 5.41) is 8.54. The number of benzene rings is 2. The number of rotatable bonds is 7. The van der Waals surface area contributed by atoms with E-state index in [1.165, 1.54) is 5.56 Å². The van der Waals surface area contributed by atoms with Gasteiger partial charge in [-0.05, 0) is 43.5 Å². The van der Waals surface area contributed by atoms with Crippen LogP contribution >= 0.6 is 0 Å². The molecule has 0 aliphatic rings. The zero-order valence-corrected chi connectivity index (χ0v) is 15.6. The quantitative estimate of drug-likeness (QED) is 0.702. The Hall–Kier alpha value is -2.82. The van der Waals surface area contributed by atoms with Crippen molar-refractivity contribution in [3.8, 4) is 0 Å². The highest BCUT2D eigenvalue weighted by Crippen LogP contribution is 2.19. The average Bonchev–Trinajstić information content (AvgIpc) is 2.65. The molecule has 2 rings (SSSR count). The first-order valence-corrected chi connectivity index (χ1v) is 9.03. The summed E-state index contributed by atoms with van der Waals surface area (Å²) in [6, 6.07) is 15.2. The Morgan fingerprint density at radius 1 is 1.00 bits per heavy atom. The Kier molecular flexibility index (Phi) is 7.21. The smallest absolute Gasteiger partial charge is 0.319 e. The summed E-state index contributed by atoms with van der Waals surface area (Å²) in [6.07, 6.45) is 0.940. The average molecular weight is 353 g/mol. The monoisotopic (exact) mass is 353 g/mol. The van der Waals surface area contributed by atoms with E-state index in [0.717, 1.165) is 12.0 Å². The number of aryl methyl sites for hydroxylation is 1. The number of urea groups is 1. The van der Waals surface area contributed by atoms with Crippen LogP contribution in [0.3, 0.4) is 0 Å². The molecular formula is C21H27N3O2. The number of anilines is 1. The second kappa shape index (κ2) is 9.61. The van der Waals surface area contributed by atoms with E-state index in [9.17, 15) is 9.59 Å². The highest BCUT2D eigenvalue weighted by molar-refractivity contribution is 5.97. The molecule has 138 valence electrons. The van der Waals surface area contributed by atoms with Crippen molar-refractivity contribution >= 4 is 17.6 Å². The van der Waals surface area contributed by atoms with Crippen molar-refractivity contribution in [3.05, 3.63) is 65.2 Å². The lowest BCUT2D eigenvalue weighted by molar-refractivity contribution is 0.0956. The first-order chi connectivity index (χ1) is 12.5. The maximum Gasteiger partial charge on any atom is 0.319 e. The Balaban J connectivity index is 1.99. The van der Waals surface area contributed by atoms with Crippen molar-refractivity contribution in [2.45, 2.75) is 33.1 Å². The van der Waals surface area contributed by atoms with Gasteiger partial charge in [0, 0.05) is 30.3 Å². The number of carbonyl (C=O) groups is 2. The van der Waals surface area contributed by atoms with E-state index in [1.807, 2.05) is 38.1 Å². The van der Waals surface area contributed by atoms with Crippen molar-refractivity contribution in [1.29, 1.82) is 0 Å². The fourth-order valence-electron chi connectivity index (χ4n) is 2.77. The highest BCUT2D eigenvalue weighted by atomic mass is 16.2. The van der Waals surface area contributed by atoms with Crippen LogP contribution in [0.2, 0.25) is 0 Å². The molecule has 0 aliphatic carbocycles. The van der Waals surface area contributed by atoms with Crippen molar-refractivity contribution in [1.82, 2.24) is 10.6 Å². The van der Waals surface area contributed by atoms with E-state index in [4.69, 9.17) is 0 Å². The van der Waals surface area contributed by atoms with E-state index < -0.39 is 0 Å². The molecule has 0 saturated heterocycles. The molecule has 1 atom stereocenters. The van der Waals surface area contributed by atoms with E-state index in [0.29, 0.717) is 24.3 Å². The van der Waals surface area contributed by atoms with Crippen LogP contribution in [0.25, 0.3) is 0 Å². The molecule has 0 aromatic heterocycles. The summed E-state index contributed by atoms with van der Waals surface area (Å²) in [4.78, 5) is 24.3. The zero-order chi connectivity index (χ0) is 18.9. The van der Waals surface area contributed by atoms with Gasteiger partial charge >= 0.3 is 6.03 Å². The Bertz CT molecular complexity index is 744. The van der Waals surface area contributed by atoms with Gasteiger partial charge < -0.3 is 16.0 Å². The Labute approximate surface area is 155 Å². The summed E-state index contributed by atoms with van der Waals surface area (Å²) < 4.78 is 0. The van der Waals surface area contributed by atoms with Crippen molar-refractivity contribution < 1.29 is 9.59 Å². The predicted octanol–water partition coefficient (Wildman–Crippen LogP) is 4.06. The molecule has 5 heteroatoms. The topological polar surface area (TPSA) is 70.2 Å². The molecule has 3 amide bonds. The van der Waals surface area contributed by atoms with Crippen LogP contribution in [-0.2, 0) is 0 Å². The highest BCUT2D eigenvalue weighted by Gasteiger charge is 2.12. The summed E-state index contributed by atoms with van der Waals surface area (Å²) in [6.45, 7) is 7.00. The zero-order valence-electron chi connectivity index (χ0n) is 15.6. The lowest BCUT2D eigenvalue weighted by Gasteiger charge is -2.17. The molecule has 0 fully saturated rings. The van der Waals surface area contributed by atoms with Crippen LogP contribution in [0, 0.1) is 6.92 Å². The van der Waals surface area contributed by atoms with Gasteiger partial charge in [-0.15, -0.1) is 0 Å². The second-order valence-electron chi connectivity index (χ2n) is 6.24. The van der Waals surface area contributed by atoms with Gasteiger partial charge in [-0.3, -0.25) is 4.79 Å². The van der Waals surface area contributed by atoms with Crippen molar-refractivity contribution in [2.75, 3.05) is 18.4 Å². The molecule has 26 heavy (non-hydrogen) atoms. The van der Waals surface area contributed by atoms with Gasteiger partial charge in [0.15, 0.2) is 0 Å². The molecule has 0 saturated carbocycles. The summed E-state index contributed by atoms with van der Waals surface area (Å²) >= 11 is 0. The molecule has 0 heterocycles. The van der Waals surface area contributed by atoms with Gasteiger partial charge in [0.25, 0.3) is 5.91 Å². The summed E-state index contributed by atoms with van der Waals surface area (Å²) in [5.74, 6) is 0.121. The molecule has 2 aromatic carbocycles. The van der Waals surface area contributed by atoms with Crippen LogP contribution < -0.4 is 16.0 Å². The third-order valence-corrected chi connectivity index (χ3v) is 4.36. The van der Waals surface area contributed by atoms with Gasteiger partial charge in [0.2, 0.25) is 0 Å². The molecular weight excluding hydrogens is 326 g/mol. The van der Waals surface area contributed by atoms with Gasteiger partial charge in [0.05, 0.1) is 0 Å². The van der Waals surface area contributed by atoms with E-state index in [1.54, 1.807) is 12.1 Å². The SMILES string of the molecule is CCNC(=O)c1ccc(C)c(NC(=O)NCC(CC)c2ccccc2)c1. The number of amides is 3. The van der Waals surface area contributed by atoms with E-state index in [-0.39, 0.29) is 17.9 Å². The van der Waals surface area contributed by atoms with Crippen LogP contribution in [-0.4, -0.2) is 25.0 Å². The van der Waals surface area contributed by atoms with Crippen molar-refractivity contribution in [3.63, 3.8) is 0 Å². The van der Waals surface area contributed by atoms with E-state index in [2.05, 4.69) is 35.0 Å². The molecule has 5 nitrogen and oxygen atoms in total. The maximum absolute atomic E-state index is 12.3. The Morgan fingerprint density at radius 2 is 1.73 bits per heavy atom. The molecule has 0 aliphatic heterocycles. The fourth-order valence-corrected chi connectivity index (χ4v) is 2.77. The number of hydrogen-bond donors (Lipinski definition) is 3. The predicted molar refractivity (Wildman–Crippen MR) is 106 cm³/mol. The lowest BCUT2D eigenvalue weighted by atomic mass is 9.97. The van der Waals surface area contributed by atoms with Gasteiger partial charge in [-0.2, -0.15) is 0 Å². The minimum Gasteiger partial charge on any atom is -0.352 e. The molecule has 0 bridgehead atoms. The number of nitrogens with one attached hydrogen (secondary N) is 3. The number of hydrogen-bond acceptors (Lipinski definition) is 2. The molecule has 0 radical (unpaired) electrons. The van der Waals surface area contributed by atoms with Crippen LogP contribution in [0.15, 0.2) is 48.5 Å².